The quantitative estimate of drug-likeness (QED) is 0.511. The van der Waals surface area contributed by atoms with Crippen LogP contribution in [-0.2, 0) is 9.59 Å². The number of rotatable bonds is 8. The first-order valence-corrected chi connectivity index (χ1v) is 14.6. The minimum atomic E-state index is -0.459. The molecular formula is C31H41N5O3. The number of ketones is 1. The lowest BCUT2D eigenvalue weighted by Gasteiger charge is -2.33. The van der Waals surface area contributed by atoms with Gasteiger partial charge in [-0.2, -0.15) is 0 Å². The van der Waals surface area contributed by atoms with Crippen LogP contribution in [0.1, 0.15) is 75.6 Å². The van der Waals surface area contributed by atoms with Crippen molar-refractivity contribution in [1.29, 1.82) is 0 Å². The monoisotopic (exact) mass is 531 g/mol. The maximum absolute atomic E-state index is 13.2. The summed E-state index contributed by atoms with van der Waals surface area (Å²) in [5, 5.41) is 5.96. The molecule has 8 heteroatoms. The molecule has 5 rings (SSSR count). The molecule has 1 aromatic carbocycles. The van der Waals surface area contributed by atoms with Gasteiger partial charge in [0.2, 0.25) is 11.8 Å². The van der Waals surface area contributed by atoms with Gasteiger partial charge in [-0.1, -0.05) is 18.9 Å². The van der Waals surface area contributed by atoms with Crippen molar-refractivity contribution < 1.29 is 14.4 Å². The van der Waals surface area contributed by atoms with Gasteiger partial charge in [-0.15, -0.1) is 0 Å². The van der Waals surface area contributed by atoms with E-state index >= 15 is 0 Å². The Morgan fingerprint density at radius 1 is 0.923 bits per heavy atom. The molecule has 3 atom stereocenters. The molecule has 2 saturated heterocycles. The highest BCUT2D eigenvalue weighted by molar-refractivity contribution is 6.23. The summed E-state index contributed by atoms with van der Waals surface area (Å²) < 4.78 is 0. The molecule has 2 fully saturated rings. The van der Waals surface area contributed by atoms with Crippen LogP contribution >= 0.6 is 0 Å². The van der Waals surface area contributed by atoms with E-state index in [2.05, 4.69) is 34.3 Å². The lowest BCUT2D eigenvalue weighted by Crippen LogP contribution is -2.40. The van der Waals surface area contributed by atoms with Crippen molar-refractivity contribution in [1.82, 2.24) is 15.1 Å². The zero-order valence-electron chi connectivity index (χ0n) is 23.2. The molecule has 3 aliphatic heterocycles. The minimum Gasteiger partial charge on any atom is -0.326 e. The molecular weight excluding hydrogens is 490 g/mol. The van der Waals surface area contributed by atoms with Crippen LogP contribution in [0.2, 0.25) is 0 Å². The van der Waals surface area contributed by atoms with Crippen LogP contribution in [0.15, 0.2) is 47.1 Å². The van der Waals surface area contributed by atoms with Gasteiger partial charge >= 0.3 is 0 Å². The van der Waals surface area contributed by atoms with Gasteiger partial charge in [-0.25, -0.2) is 0 Å². The number of hydrogen-bond donors (Lipinski definition) is 2. The van der Waals surface area contributed by atoms with E-state index in [9.17, 15) is 14.4 Å². The van der Waals surface area contributed by atoms with Crippen LogP contribution < -0.4 is 10.6 Å². The van der Waals surface area contributed by atoms with Gasteiger partial charge in [0.05, 0.1) is 17.3 Å². The van der Waals surface area contributed by atoms with Crippen LogP contribution in [0.25, 0.3) is 0 Å². The minimum absolute atomic E-state index is 0.0241. The third kappa shape index (κ3) is 6.73. The zero-order valence-corrected chi connectivity index (χ0v) is 23.2. The van der Waals surface area contributed by atoms with Crippen molar-refractivity contribution in [2.75, 3.05) is 31.5 Å². The molecule has 0 saturated carbocycles. The van der Waals surface area contributed by atoms with Crippen molar-refractivity contribution in [3.05, 3.63) is 47.7 Å². The number of likely N-dealkylation sites (tertiary alicyclic amines) is 2. The third-order valence-corrected chi connectivity index (χ3v) is 8.59. The van der Waals surface area contributed by atoms with Gasteiger partial charge in [0.1, 0.15) is 0 Å². The number of nitrogens with one attached hydrogen (secondary N) is 2. The topological polar surface area (TPSA) is 94.1 Å². The van der Waals surface area contributed by atoms with Crippen molar-refractivity contribution in [2.45, 2.75) is 77.3 Å². The average molecular weight is 532 g/mol. The summed E-state index contributed by atoms with van der Waals surface area (Å²) in [5.41, 5.74) is 2.98. The predicted molar refractivity (Wildman–Crippen MR) is 154 cm³/mol. The number of allylic oxidation sites excluding steroid dienone is 3. The summed E-state index contributed by atoms with van der Waals surface area (Å²) in [4.78, 5) is 48.0. The Labute approximate surface area is 231 Å². The van der Waals surface area contributed by atoms with Gasteiger partial charge in [-0.3, -0.25) is 19.4 Å². The largest absolute Gasteiger partial charge is 0.326 e. The van der Waals surface area contributed by atoms with E-state index in [0.717, 1.165) is 26.2 Å². The van der Waals surface area contributed by atoms with E-state index in [1.807, 2.05) is 6.08 Å². The van der Waals surface area contributed by atoms with Crippen molar-refractivity contribution in [3.63, 3.8) is 0 Å². The van der Waals surface area contributed by atoms with Gasteiger partial charge in [0, 0.05) is 55.0 Å². The average Bonchev–Trinajstić information content (AvgIpc) is 2.92. The fourth-order valence-electron chi connectivity index (χ4n) is 6.13. The number of fused-ring (bicyclic) bond motifs is 2. The summed E-state index contributed by atoms with van der Waals surface area (Å²) >= 11 is 0. The first kappa shape index (κ1) is 27.5. The Hall–Kier alpha value is -3.10. The lowest BCUT2D eigenvalue weighted by atomic mass is 9.86. The summed E-state index contributed by atoms with van der Waals surface area (Å²) in [5.74, 6) is -0.553. The molecule has 3 heterocycles. The Kier molecular flexibility index (Phi) is 8.72. The second-order valence-electron chi connectivity index (χ2n) is 11.4. The number of carbonyl (C=O) groups excluding carboxylic acids is 3. The van der Waals surface area contributed by atoms with Crippen LogP contribution in [0.4, 0.5) is 11.4 Å². The maximum Gasteiger partial charge on any atom is 0.225 e. The Morgan fingerprint density at radius 3 is 2.21 bits per heavy atom. The molecule has 8 nitrogen and oxygen atoms in total. The van der Waals surface area contributed by atoms with Crippen LogP contribution in [0.3, 0.4) is 0 Å². The number of benzene rings is 1. The number of anilines is 1. The molecule has 2 amide bonds. The molecule has 0 bridgehead atoms. The standard InChI is InChI=1S/C31H41N5O3/c1-21-7-3-5-15-35(21)17-13-29(37)32-23-9-11-25-27(19-23)34-28-20-24(10-12-26(28)31(25)39)33-30(38)14-18-36-16-6-4-8-22(36)2/h9-12,19-22,25H,3-8,13-18H2,1-2H3,(H,32,37)(H,33,38). The number of Topliss-reactive ketones (excluding diaryl/α,β-unsaturated/α-hetero) is 1. The van der Waals surface area contributed by atoms with Gasteiger partial charge in [0.15, 0.2) is 5.78 Å². The summed E-state index contributed by atoms with van der Waals surface area (Å²) in [7, 11) is 0. The van der Waals surface area contributed by atoms with Gasteiger partial charge in [-0.05, 0) is 83.0 Å². The van der Waals surface area contributed by atoms with Crippen molar-refractivity contribution in [3.8, 4) is 0 Å². The van der Waals surface area contributed by atoms with E-state index < -0.39 is 5.92 Å². The smallest absolute Gasteiger partial charge is 0.225 e. The normalized spacial score (nSPS) is 25.3. The fourth-order valence-corrected chi connectivity index (χ4v) is 6.13. The third-order valence-electron chi connectivity index (χ3n) is 8.59. The molecule has 1 aliphatic carbocycles. The van der Waals surface area contributed by atoms with Gasteiger partial charge < -0.3 is 20.4 Å². The zero-order chi connectivity index (χ0) is 27.4. The van der Waals surface area contributed by atoms with E-state index in [-0.39, 0.29) is 17.6 Å². The fraction of sp³-hybridized carbons (Fsp3) is 0.548. The van der Waals surface area contributed by atoms with Crippen LogP contribution in [0.5, 0.6) is 0 Å². The Bertz CT molecular complexity index is 1200. The predicted octanol–water partition coefficient (Wildman–Crippen LogP) is 4.61. The first-order chi connectivity index (χ1) is 18.9. The second-order valence-corrected chi connectivity index (χ2v) is 11.4. The summed E-state index contributed by atoms with van der Waals surface area (Å²) in [6, 6.07) is 6.34. The molecule has 3 unspecified atom stereocenters. The highest BCUT2D eigenvalue weighted by atomic mass is 16.2. The molecule has 1 aromatic rings. The number of amides is 2. The van der Waals surface area contributed by atoms with Crippen molar-refractivity contribution >= 4 is 34.7 Å². The van der Waals surface area contributed by atoms with E-state index in [0.29, 0.717) is 53.3 Å². The molecule has 0 radical (unpaired) electrons. The first-order valence-electron chi connectivity index (χ1n) is 14.6. The highest BCUT2D eigenvalue weighted by Gasteiger charge is 2.31. The highest BCUT2D eigenvalue weighted by Crippen LogP contribution is 2.34. The number of hydrogen-bond acceptors (Lipinski definition) is 6. The van der Waals surface area contributed by atoms with E-state index in [1.54, 1.807) is 30.4 Å². The molecule has 2 N–H and O–H groups in total. The number of carbonyl (C=O) groups is 3. The number of nitrogens with zero attached hydrogens (tertiary/aromatic N) is 3. The molecule has 0 spiro atoms. The molecule has 0 aromatic heterocycles. The van der Waals surface area contributed by atoms with E-state index in [1.165, 1.54) is 38.5 Å². The maximum atomic E-state index is 13.2. The van der Waals surface area contributed by atoms with Crippen molar-refractivity contribution in [2.24, 2.45) is 10.9 Å². The molecule has 39 heavy (non-hydrogen) atoms. The lowest BCUT2D eigenvalue weighted by molar-refractivity contribution is -0.121. The SMILES string of the molecule is CC1CCCCN1CCC(=O)NC1=CC2=Nc3cc(NC(=O)CCN4CCCCC4C)ccc3C(=O)C2C=C1. The number of piperidine rings is 2. The van der Waals surface area contributed by atoms with Gasteiger partial charge in [0.25, 0.3) is 0 Å². The summed E-state index contributed by atoms with van der Waals surface area (Å²) in [6.45, 7) is 8.07. The molecule has 4 aliphatic rings. The Balaban J connectivity index is 1.20. The second kappa shape index (κ2) is 12.4. The van der Waals surface area contributed by atoms with Crippen LogP contribution in [0, 0.1) is 5.92 Å². The van der Waals surface area contributed by atoms with Crippen LogP contribution in [-0.4, -0.2) is 71.4 Å². The van der Waals surface area contributed by atoms with E-state index in [4.69, 9.17) is 4.99 Å². The molecule has 208 valence electrons. The Morgan fingerprint density at radius 2 is 1.56 bits per heavy atom. The summed E-state index contributed by atoms with van der Waals surface area (Å²) in [6.07, 6.45) is 13.6. The number of aliphatic imine (C=N–C) groups is 1.